The Bertz CT molecular complexity index is 689. The Morgan fingerprint density at radius 1 is 1.25 bits per heavy atom. The Morgan fingerprint density at radius 2 is 2.15 bits per heavy atom. The highest BCUT2D eigenvalue weighted by atomic mass is 79.9. The summed E-state index contributed by atoms with van der Waals surface area (Å²) in [5.74, 6) is 0. The fraction of sp³-hybridized carbons (Fsp3) is 0.267. The lowest BCUT2D eigenvalue weighted by molar-refractivity contribution is 0.590. The Labute approximate surface area is 130 Å². The molecule has 3 aromatic rings. The lowest BCUT2D eigenvalue weighted by atomic mass is 10.3. The van der Waals surface area contributed by atoms with Gasteiger partial charge in [0.05, 0.1) is 17.4 Å². The molecule has 0 saturated carbocycles. The molecule has 3 rings (SSSR count). The van der Waals surface area contributed by atoms with E-state index in [0.29, 0.717) is 0 Å². The number of para-hydroxylation sites is 2. The first kappa shape index (κ1) is 13.8. The van der Waals surface area contributed by atoms with Crippen LogP contribution in [0.3, 0.4) is 0 Å². The standard InChI is InChI=1S/C15H16BrN3S/c16-12-6-9-20-15(12)10-17-7-3-8-19-11-18-13-4-1-2-5-14(13)19/h1-2,4-6,9,11,17H,3,7-8,10H2. The zero-order chi connectivity index (χ0) is 13.8. The number of nitrogens with one attached hydrogen (secondary N) is 1. The van der Waals surface area contributed by atoms with Crippen LogP contribution in [0.1, 0.15) is 11.3 Å². The first-order valence-electron chi connectivity index (χ1n) is 6.67. The summed E-state index contributed by atoms with van der Waals surface area (Å²) in [6.07, 6.45) is 3.03. The van der Waals surface area contributed by atoms with Crippen molar-refractivity contribution in [3.05, 3.63) is 51.4 Å². The van der Waals surface area contributed by atoms with Crippen molar-refractivity contribution < 1.29 is 0 Å². The van der Waals surface area contributed by atoms with Crippen LogP contribution >= 0.6 is 27.3 Å². The number of imidazole rings is 1. The summed E-state index contributed by atoms with van der Waals surface area (Å²) in [5.41, 5.74) is 2.29. The number of nitrogens with zero attached hydrogens (tertiary/aromatic N) is 2. The van der Waals surface area contributed by atoms with E-state index in [1.807, 2.05) is 12.4 Å². The van der Waals surface area contributed by atoms with Gasteiger partial charge >= 0.3 is 0 Å². The van der Waals surface area contributed by atoms with Crippen molar-refractivity contribution in [2.75, 3.05) is 6.54 Å². The van der Waals surface area contributed by atoms with Crippen LogP contribution in [-0.4, -0.2) is 16.1 Å². The third kappa shape index (κ3) is 3.11. The Balaban J connectivity index is 1.47. The van der Waals surface area contributed by atoms with Gasteiger partial charge in [-0.05, 0) is 52.5 Å². The molecule has 104 valence electrons. The molecule has 5 heteroatoms. The molecule has 2 heterocycles. The van der Waals surface area contributed by atoms with Crippen molar-refractivity contribution in [3.8, 4) is 0 Å². The second kappa shape index (κ2) is 6.52. The molecule has 0 unspecified atom stereocenters. The van der Waals surface area contributed by atoms with Crippen LogP contribution < -0.4 is 5.32 Å². The van der Waals surface area contributed by atoms with Crippen LogP contribution in [0.2, 0.25) is 0 Å². The number of thiophene rings is 1. The summed E-state index contributed by atoms with van der Waals surface area (Å²) >= 11 is 5.33. The predicted molar refractivity (Wildman–Crippen MR) is 88.1 cm³/mol. The molecule has 0 fully saturated rings. The van der Waals surface area contributed by atoms with Crippen molar-refractivity contribution in [2.45, 2.75) is 19.5 Å². The van der Waals surface area contributed by atoms with Gasteiger partial charge in [0.2, 0.25) is 0 Å². The first-order valence-corrected chi connectivity index (χ1v) is 8.34. The number of hydrogen-bond acceptors (Lipinski definition) is 3. The van der Waals surface area contributed by atoms with Crippen molar-refractivity contribution in [2.24, 2.45) is 0 Å². The second-order valence-electron chi connectivity index (χ2n) is 4.65. The highest BCUT2D eigenvalue weighted by Gasteiger charge is 2.02. The molecule has 0 atom stereocenters. The van der Waals surface area contributed by atoms with Crippen LogP contribution in [-0.2, 0) is 13.1 Å². The molecule has 0 radical (unpaired) electrons. The Hall–Kier alpha value is -1.17. The quantitative estimate of drug-likeness (QED) is 0.680. The third-order valence-corrected chi connectivity index (χ3v) is 5.18. The topological polar surface area (TPSA) is 29.9 Å². The first-order chi connectivity index (χ1) is 9.84. The number of rotatable bonds is 6. The van der Waals surface area contributed by atoms with E-state index >= 15 is 0 Å². The smallest absolute Gasteiger partial charge is 0.0958 e. The minimum atomic E-state index is 0.933. The maximum Gasteiger partial charge on any atom is 0.0958 e. The number of aromatic nitrogens is 2. The summed E-state index contributed by atoms with van der Waals surface area (Å²) in [4.78, 5) is 5.77. The van der Waals surface area contributed by atoms with E-state index in [1.165, 1.54) is 14.9 Å². The molecule has 1 N–H and O–H groups in total. The molecule has 0 saturated heterocycles. The van der Waals surface area contributed by atoms with Crippen LogP contribution in [0.4, 0.5) is 0 Å². The Morgan fingerprint density at radius 3 is 3.00 bits per heavy atom. The fourth-order valence-electron chi connectivity index (χ4n) is 2.22. The molecule has 0 aliphatic carbocycles. The van der Waals surface area contributed by atoms with Gasteiger partial charge in [-0.15, -0.1) is 11.3 Å². The van der Waals surface area contributed by atoms with E-state index in [1.54, 1.807) is 11.3 Å². The average molecular weight is 350 g/mol. The van der Waals surface area contributed by atoms with Gasteiger partial charge in [0.1, 0.15) is 0 Å². The third-order valence-electron chi connectivity index (χ3n) is 3.26. The molecule has 20 heavy (non-hydrogen) atoms. The average Bonchev–Trinajstić information content (AvgIpc) is 3.06. The molecular weight excluding hydrogens is 334 g/mol. The van der Waals surface area contributed by atoms with Crippen LogP contribution in [0, 0.1) is 0 Å². The number of aryl methyl sites for hydroxylation is 1. The molecule has 2 aromatic heterocycles. The number of halogens is 1. The van der Waals surface area contributed by atoms with Gasteiger partial charge in [-0.1, -0.05) is 12.1 Å². The molecule has 0 amide bonds. The van der Waals surface area contributed by atoms with E-state index < -0.39 is 0 Å². The monoisotopic (exact) mass is 349 g/mol. The highest BCUT2D eigenvalue weighted by Crippen LogP contribution is 2.22. The van der Waals surface area contributed by atoms with Gasteiger partial charge in [-0.3, -0.25) is 0 Å². The fourth-order valence-corrected chi connectivity index (χ4v) is 3.68. The molecule has 1 aromatic carbocycles. The van der Waals surface area contributed by atoms with Gasteiger partial charge in [0.15, 0.2) is 0 Å². The van der Waals surface area contributed by atoms with Gasteiger partial charge in [0, 0.05) is 22.4 Å². The lowest BCUT2D eigenvalue weighted by Gasteiger charge is -2.06. The van der Waals surface area contributed by atoms with E-state index in [2.05, 4.69) is 60.4 Å². The normalized spacial score (nSPS) is 11.2. The summed E-state index contributed by atoms with van der Waals surface area (Å²) in [6.45, 7) is 2.94. The van der Waals surface area contributed by atoms with E-state index in [-0.39, 0.29) is 0 Å². The van der Waals surface area contributed by atoms with Crippen LogP contribution in [0.25, 0.3) is 11.0 Å². The molecular formula is C15H16BrN3S. The molecule has 0 aliphatic heterocycles. The minimum Gasteiger partial charge on any atom is -0.331 e. The van der Waals surface area contributed by atoms with Crippen LogP contribution in [0.5, 0.6) is 0 Å². The summed E-state index contributed by atoms with van der Waals surface area (Å²) in [7, 11) is 0. The SMILES string of the molecule is Brc1ccsc1CNCCCn1cnc2ccccc21. The second-order valence-corrected chi connectivity index (χ2v) is 6.50. The largest absolute Gasteiger partial charge is 0.331 e. The van der Waals surface area contributed by atoms with Gasteiger partial charge in [-0.25, -0.2) is 4.98 Å². The van der Waals surface area contributed by atoms with Crippen molar-refractivity contribution >= 4 is 38.3 Å². The van der Waals surface area contributed by atoms with E-state index in [4.69, 9.17) is 0 Å². The molecule has 0 spiro atoms. The highest BCUT2D eigenvalue weighted by molar-refractivity contribution is 9.10. The van der Waals surface area contributed by atoms with Crippen molar-refractivity contribution in [3.63, 3.8) is 0 Å². The molecule has 0 aliphatic rings. The zero-order valence-corrected chi connectivity index (χ0v) is 13.5. The minimum absolute atomic E-state index is 0.933. The zero-order valence-electron chi connectivity index (χ0n) is 11.1. The van der Waals surface area contributed by atoms with E-state index in [9.17, 15) is 0 Å². The number of fused-ring (bicyclic) bond motifs is 1. The maximum absolute atomic E-state index is 4.41. The van der Waals surface area contributed by atoms with E-state index in [0.717, 1.165) is 31.6 Å². The Kier molecular flexibility index (Phi) is 4.50. The lowest BCUT2D eigenvalue weighted by Crippen LogP contribution is -2.15. The summed E-state index contributed by atoms with van der Waals surface area (Å²) < 4.78 is 3.42. The maximum atomic E-state index is 4.41. The molecule has 3 nitrogen and oxygen atoms in total. The van der Waals surface area contributed by atoms with Gasteiger partial charge in [-0.2, -0.15) is 0 Å². The summed E-state index contributed by atoms with van der Waals surface area (Å²) in [5, 5.41) is 5.60. The molecule has 0 bridgehead atoms. The van der Waals surface area contributed by atoms with Gasteiger partial charge < -0.3 is 9.88 Å². The van der Waals surface area contributed by atoms with Gasteiger partial charge in [0.25, 0.3) is 0 Å². The van der Waals surface area contributed by atoms with Crippen molar-refractivity contribution in [1.29, 1.82) is 0 Å². The van der Waals surface area contributed by atoms with Crippen molar-refractivity contribution in [1.82, 2.24) is 14.9 Å². The predicted octanol–water partition coefficient (Wildman–Crippen LogP) is 4.04. The number of hydrogen-bond donors (Lipinski definition) is 1. The van der Waals surface area contributed by atoms with Crippen LogP contribution in [0.15, 0.2) is 46.5 Å². The summed E-state index contributed by atoms with van der Waals surface area (Å²) in [6, 6.07) is 10.4. The number of benzene rings is 1.